The fourth-order valence-electron chi connectivity index (χ4n) is 3.51. The van der Waals surface area contributed by atoms with Crippen molar-refractivity contribution in [2.45, 2.75) is 44.5 Å². The van der Waals surface area contributed by atoms with Gasteiger partial charge in [-0.15, -0.1) is 8.78 Å². The lowest BCUT2D eigenvalue weighted by Crippen LogP contribution is -2.26. The van der Waals surface area contributed by atoms with Crippen LogP contribution < -0.4 is 14.2 Å². The molecule has 146 valence electrons. The van der Waals surface area contributed by atoms with Gasteiger partial charge in [-0.1, -0.05) is 23.4 Å². The van der Waals surface area contributed by atoms with E-state index in [0.717, 1.165) is 42.5 Å². The molecule has 7 heteroatoms. The van der Waals surface area contributed by atoms with Gasteiger partial charge < -0.3 is 19.0 Å². The van der Waals surface area contributed by atoms with Crippen molar-refractivity contribution < 1.29 is 27.8 Å². The van der Waals surface area contributed by atoms with Gasteiger partial charge in [-0.2, -0.15) is 0 Å². The Bertz CT molecular complexity index is 940. The van der Waals surface area contributed by atoms with E-state index in [1.807, 2.05) is 18.2 Å². The van der Waals surface area contributed by atoms with Crippen molar-refractivity contribution in [2.75, 3.05) is 6.61 Å². The average molecular weight is 387 g/mol. The third-order valence-corrected chi connectivity index (χ3v) is 5.21. The van der Waals surface area contributed by atoms with Crippen LogP contribution in [0.2, 0.25) is 0 Å². The summed E-state index contributed by atoms with van der Waals surface area (Å²) in [7, 11) is 0. The Hall–Kier alpha value is -2.83. The van der Waals surface area contributed by atoms with Gasteiger partial charge in [-0.3, -0.25) is 0 Å². The number of hydrogen-bond donors (Lipinski definition) is 0. The maximum absolute atomic E-state index is 13.5. The lowest BCUT2D eigenvalue weighted by Gasteiger charge is -2.23. The first-order valence-electron chi connectivity index (χ1n) is 9.48. The van der Waals surface area contributed by atoms with Crippen LogP contribution in [0.15, 0.2) is 41.6 Å². The van der Waals surface area contributed by atoms with Crippen LogP contribution in [0.25, 0.3) is 11.1 Å². The minimum absolute atomic E-state index is 0.0240. The number of benzene rings is 2. The van der Waals surface area contributed by atoms with E-state index in [-0.39, 0.29) is 17.6 Å². The van der Waals surface area contributed by atoms with Gasteiger partial charge in [0.15, 0.2) is 11.5 Å². The standard InChI is InChI=1S/C21H19F2NO4/c22-21(23)26-19-8-2-6-15(20(19)27-21)13-9-10-18-16(12-13)17(7-3-11-25-18)24-28-14-4-1-5-14/h2,6,8-10,12,14H,1,3-5,7,11H2/b24-17+. The van der Waals surface area contributed by atoms with Crippen molar-refractivity contribution in [3.8, 4) is 28.4 Å². The molecule has 0 spiro atoms. The number of alkyl halides is 2. The number of halogens is 2. The second-order valence-corrected chi connectivity index (χ2v) is 7.16. The lowest BCUT2D eigenvalue weighted by molar-refractivity contribution is -0.286. The summed E-state index contributed by atoms with van der Waals surface area (Å²) in [6.07, 6.45) is 1.33. The van der Waals surface area contributed by atoms with E-state index < -0.39 is 6.29 Å². The van der Waals surface area contributed by atoms with E-state index in [9.17, 15) is 8.78 Å². The van der Waals surface area contributed by atoms with Crippen molar-refractivity contribution in [2.24, 2.45) is 5.16 Å². The van der Waals surface area contributed by atoms with Crippen molar-refractivity contribution in [3.05, 3.63) is 42.0 Å². The molecule has 3 aliphatic rings. The molecule has 2 heterocycles. The lowest BCUT2D eigenvalue weighted by atomic mass is 9.96. The monoisotopic (exact) mass is 387 g/mol. The first-order valence-corrected chi connectivity index (χ1v) is 9.48. The van der Waals surface area contributed by atoms with E-state index in [2.05, 4.69) is 9.89 Å². The maximum Gasteiger partial charge on any atom is 0.586 e. The number of para-hydroxylation sites is 1. The van der Waals surface area contributed by atoms with Gasteiger partial charge in [0.1, 0.15) is 11.9 Å². The number of fused-ring (bicyclic) bond motifs is 2. The van der Waals surface area contributed by atoms with Gasteiger partial charge in [0.05, 0.1) is 12.3 Å². The van der Waals surface area contributed by atoms with Crippen LogP contribution in [-0.4, -0.2) is 24.7 Å². The van der Waals surface area contributed by atoms with Crippen LogP contribution in [0.3, 0.4) is 0 Å². The van der Waals surface area contributed by atoms with Gasteiger partial charge in [0.25, 0.3) is 0 Å². The zero-order valence-electron chi connectivity index (χ0n) is 15.1. The Kier molecular flexibility index (Phi) is 4.10. The molecular weight excluding hydrogens is 368 g/mol. The van der Waals surface area contributed by atoms with E-state index >= 15 is 0 Å². The first kappa shape index (κ1) is 17.3. The van der Waals surface area contributed by atoms with Gasteiger partial charge in [0, 0.05) is 11.1 Å². The summed E-state index contributed by atoms with van der Waals surface area (Å²) in [4.78, 5) is 5.67. The summed E-state index contributed by atoms with van der Waals surface area (Å²) in [5.74, 6) is 0.773. The molecule has 28 heavy (non-hydrogen) atoms. The summed E-state index contributed by atoms with van der Waals surface area (Å²) in [5, 5.41) is 4.40. The fourth-order valence-corrected chi connectivity index (χ4v) is 3.51. The SMILES string of the molecule is FC1(F)Oc2cccc(-c3ccc4c(c3)/C(=N/OC3CCC3)CCCO4)c2O1. The molecule has 0 unspecified atom stereocenters. The number of ether oxygens (including phenoxy) is 3. The van der Waals surface area contributed by atoms with Gasteiger partial charge in [-0.25, -0.2) is 0 Å². The highest BCUT2D eigenvalue weighted by Gasteiger charge is 2.44. The molecule has 5 nitrogen and oxygen atoms in total. The van der Waals surface area contributed by atoms with Crippen molar-refractivity contribution >= 4 is 5.71 Å². The third-order valence-electron chi connectivity index (χ3n) is 5.21. The van der Waals surface area contributed by atoms with Crippen molar-refractivity contribution in [3.63, 3.8) is 0 Å². The molecule has 0 amide bonds. The van der Waals surface area contributed by atoms with Crippen LogP contribution in [-0.2, 0) is 4.84 Å². The molecule has 2 aromatic carbocycles. The Labute approximate surface area is 160 Å². The number of rotatable bonds is 3. The quantitative estimate of drug-likeness (QED) is 0.686. The Morgan fingerprint density at radius 3 is 2.71 bits per heavy atom. The third kappa shape index (κ3) is 3.15. The molecule has 2 aliphatic heterocycles. The Morgan fingerprint density at radius 2 is 1.89 bits per heavy atom. The summed E-state index contributed by atoms with van der Waals surface area (Å²) in [6, 6.07) is 10.4. The second-order valence-electron chi connectivity index (χ2n) is 7.16. The summed E-state index contributed by atoms with van der Waals surface area (Å²) < 4.78 is 42.2. The topological polar surface area (TPSA) is 49.3 Å². The summed E-state index contributed by atoms with van der Waals surface area (Å²) >= 11 is 0. The number of hydrogen-bond acceptors (Lipinski definition) is 5. The summed E-state index contributed by atoms with van der Waals surface area (Å²) in [5.41, 5.74) is 2.88. The van der Waals surface area contributed by atoms with Crippen molar-refractivity contribution in [1.82, 2.24) is 0 Å². The predicted octanol–water partition coefficient (Wildman–Crippen LogP) is 5.12. The predicted molar refractivity (Wildman–Crippen MR) is 98.1 cm³/mol. The van der Waals surface area contributed by atoms with Crippen LogP contribution in [0, 0.1) is 0 Å². The highest BCUT2D eigenvalue weighted by Crippen LogP contribution is 2.47. The molecule has 0 radical (unpaired) electrons. The maximum atomic E-state index is 13.5. The van der Waals surface area contributed by atoms with Gasteiger partial charge in [0.2, 0.25) is 0 Å². The Balaban J connectivity index is 1.54. The second kappa shape index (κ2) is 6.65. The number of nitrogens with zero attached hydrogens (tertiary/aromatic N) is 1. The van der Waals surface area contributed by atoms with Crippen LogP contribution in [0.1, 0.15) is 37.7 Å². The minimum atomic E-state index is -3.66. The number of oxime groups is 1. The van der Waals surface area contributed by atoms with E-state index in [1.165, 1.54) is 12.5 Å². The molecule has 5 rings (SSSR count). The highest BCUT2D eigenvalue weighted by molar-refractivity contribution is 6.04. The molecular formula is C21H19F2NO4. The molecule has 0 aromatic heterocycles. The van der Waals surface area contributed by atoms with Gasteiger partial charge >= 0.3 is 6.29 Å². The van der Waals surface area contributed by atoms with Crippen LogP contribution in [0.4, 0.5) is 8.78 Å². The average Bonchev–Trinajstić information content (AvgIpc) is 2.82. The molecule has 1 aliphatic carbocycles. The molecule has 0 atom stereocenters. The van der Waals surface area contributed by atoms with E-state index in [0.29, 0.717) is 17.9 Å². The first-order chi connectivity index (χ1) is 13.6. The molecule has 2 aromatic rings. The minimum Gasteiger partial charge on any atom is -0.493 e. The largest absolute Gasteiger partial charge is 0.586 e. The van der Waals surface area contributed by atoms with Crippen LogP contribution in [0.5, 0.6) is 17.2 Å². The molecule has 0 saturated heterocycles. The zero-order valence-corrected chi connectivity index (χ0v) is 15.1. The zero-order chi connectivity index (χ0) is 19.1. The molecule has 1 fully saturated rings. The molecule has 0 bridgehead atoms. The normalized spacial score (nSPS) is 21.4. The van der Waals surface area contributed by atoms with Crippen molar-refractivity contribution in [1.29, 1.82) is 0 Å². The Morgan fingerprint density at radius 1 is 1.00 bits per heavy atom. The molecule has 1 saturated carbocycles. The summed E-state index contributed by atoms with van der Waals surface area (Å²) in [6.45, 7) is 0.596. The van der Waals surface area contributed by atoms with Crippen LogP contribution >= 0.6 is 0 Å². The highest BCUT2D eigenvalue weighted by atomic mass is 19.3. The smallest absolute Gasteiger partial charge is 0.493 e. The molecule has 0 N–H and O–H groups in total. The van der Waals surface area contributed by atoms with E-state index in [1.54, 1.807) is 12.1 Å². The van der Waals surface area contributed by atoms with Gasteiger partial charge in [-0.05, 0) is 55.9 Å². The fraction of sp³-hybridized carbons (Fsp3) is 0.381. The van der Waals surface area contributed by atoms with E-state index in [4.69, 9.17) is 14.3 Å².